The summed E-state index contributed by atoms with van der Waals surface area (Å²) in [6.45, 7) is 0.556. The molecule has 1 heterocycles. The quantitative estimate of drug-likeness (QED) is 0.888. The Labute approximate surface area is 105 Å². The summed E-state index contributed by atoms with van der Waals surface area (Å²) in [5, 5.41) is 4.03. The van der Waals surface area contributed by atoms with Crippen molar-refractivity contribution < 1.29 is 9.26 Å². The maximum Gasteiger partial charge on any atom is 0.234 e. The number of methoxy groups -OCH3 is 1. The lowest BCUT2D eigenvalue weighted by atomic mass is 10.1. The van der Waals surface area contributed by atoms with Crippen LogP contribution >= 0.6 is 0 Å². The van der Waals surface area contributed by atoms with E-state index in [1.54, 1.807) is 7.11 Å². The number of nitrogens with two attached hydrogens (primary N) is 1. The smallest absolute Gasteiger partial charge is 0.234 e. The van der Waals surface area contributed by atoms with E-state index in [4.69, 9.17) is 15.0 Å². The molecule has 0 bridgehead atoms. The van der Waals surface area contributed by atoms with Gasteiger partial charge in [-0.15, -0.1) is 0 Å². The van der Waals surface area contributed by atoms with Crippen LogP contribution in [-0.2, 0) is 5.41 Å². The van der Waals surface area contributed by atoms with E-state index in [0.29, 0.717) is 18.3 Å². The van der Waals surface area contributed by atoms with Gasteiger partial charge in [-0.25, -0.2) is 0 Å². The van der Waals surface area contributed by atoms with Gasteiger partial charge >= 0.3 is 0 Å². The number of para-hydroxylation sites is 1. The van der Waals surface area contributed by atoms with E-state index in [2.05, 4.69) is 10.1 Å². The zero-order valence-corrected chi connectivity index (χ0v) is 10.2. The molecule has 3 rings (SSSR count). The van der Waals surface area contributed by atoms with Crippen LogP contribution in [-0.4, -0.2) is 23.8 Å². The predicted octanol–water partition coefficient (Wildman–Crippen LogP) is 1.74. The molecule has 18 heavy (non-hydrogen) atoms. The van der Waals surface area contributed by atoms with Crippen molar-refractivity contribution in [1.82, 2.24) is 10.1 Å². The highest BCUT2D eigenvalue weighted by atomic mass is 16.5. The molecule has 0 atom stereocenters. The Kier molecular flexibility index (Phi) is 2.56. The van der Waals surface area contributed by atoms with Crippen LogP contribution in [0.5, 0.6) is 5.75 Å². The van der Waals surface area contributed by atoms with Gasteiger partial charge in [0.25, 0.3) is 0 Å². The van der Waals surface area contributed by atoms with Gasteiger partial charge in [0.1, 0.15) is 5.75 Å². The van der Waals surface area contributed by atoms with E-state index in [1.807, 2.05) is 24.3 Å². The summed E-state index contributed by atoms with van der Waals surface area (Å²) in [7, 11) is 1.63. The highest BCUT2D eigenvalue weighted by Crippen LogP contribution is 2.46. The number of hydrogen-bond acceptors (Lipinski definition) is 5. The highest BCUT2D eigenvalue weighted by Gasteiger charge is 2.48. The van der Waals surface area contributed by atoms with Gasteiger partial charge in [0.2, 0.25) is 11.7 Å². The van der Waals surface area contributed by atoms with Crippen molar-refractivity contribution in [3.8, 4) is 17.1 Å². The van der Waals surface area contributed by atoms with Crippen LogP contribution in [0.25, 0.3) is 11.4 Å². The van der Waals surface area contributed by atoms with Crippen molar-refractivity contribution in [3.05, 3.63) is 30.2 Å². The summed E-state index contributed by atoms with van der Waals surface area (Å²) in [6, 6.07) is 7.62. The monoisotopic (exact) mass is 245 g/mol. The van der Waals surface area contributed by atoms with E-state index in [-0.39, 0.29) is 5.41 Å². The second-order valence-electron chi connectivity index (χ2n) is 4.61. The molecule has 1 aromatic carbocycles. The fourth-order valence-electron chi connectivity index (χ4n) is 2.03. The molecule has 5 nitrogen and oxygen atoms in total. The second-order valence-corrected chi connectivity index (χ2v) is 4.61. The van der Waals surface area contributed by atoms with Crippen molar-refractivity contribution in [3.63, 3.8) is 0 Å². The minimum absolute atomic E-state index is 0.0761. The number of rotatable bonds is 4. The molecule has 5 heteroatoms. The molecule has 0 radical (unpaired) electrons. The van der Waals surface area contributed by atoms with Gasteiger partial charge < -0.3 is 15.0 Å². The summed E-state index contributed by atoms with van der Waals surface area (Å²) in [6.07, 6.45) is 2.05. The van der Waals surface area contributed by atoms with Crippen molar-refractivity contribution in [1.29, 1.82) is 0 Å². The van der Waals surface area contributed by atoms with Crippen LogP contribution in [0.1, 0.15) is 18.7 Å². The van der Waals surface area contributed by atoms with Crippen LogP contribution in [0.4, 0.5) is 0 Å². The van der Waals surface area contributed by atoms with Gasteiger partial charge in [0.05, 0.1) is 18.1 Å². The Balaban J connectivity index is 1.98. The van der Waals surface area contributed by atoms with Crippen molar-refractivity contribution in [2.24, 2.45) is 5.73 Å². The number of benzene rings is 1. The first-order chi connectivity index (χ1) is 8.79. The average Bonchev–Trinajstić information content (AvgIpc) is 3.08. The molecule has 1 fully saturated rings. The third kappa shape index (κ3) is 1.67. The zero-order valence-electron chi connectivity index (χ0n) is 10.2. The van der Waals surface area contributed by atoms with Crippen molar-refractivity contribution >= 4 is 0 Å². The minimum atomic E-state index is -0.0761. The molecular weight excluding hydrogens is 230 g/mol. The number of aromatic nitrogens is 2. The van der Waals surface area contributed by atoms with Gasteiger partial charge in [0.15, 0.2) is 0 Å². The normalized spacial score (nSPS) is 16.6. The molecule has 1 saturated carbocycles. The first kappa shape index (κ1) is 11.2. The standard InChI is InChI=1S/C13H15N3O2/c1-17-10-5-3-2-4-9(10)11-15-12(18-16-11)13(8-14)6-7-13/h2-5H,6-8,14H2,1H3. The van der Waals surface area contributed by atoms with Gasteiger partial charge in [-0.05, 0) is 25.0 Å². The zero-order chi connectivity index (χ0) is 12.6. The van der Waals surface area contributed by atoms with Gasteiger partial charge in [0, 0.05) is 6.54 Å². The molecule has 0 aliphatic heterocycles. The number of ether oxygens (including phenoxy) is 1. The van der Waals surface area contributed by atoms with Gasteiger partial charge in [-0.1, -0.05) is 17.3 Å². The topological polar surface area (TPSA) is 74.2 Å². The number of hydrogen-bond donors (Lipinski definition) is 1. The van der Waals surface area contributed by atoms with Gasteiger partial charge in [-0.2, -0.15) is 4.98 Å². The van der Waals surface area contributed by atoms with E-state index >= 15 is 0 Å². The fourth-order valence-corrected chi connectivity index (χ4v) is 2.03. The Hall–Kier alpha value is -1.88. The molecule has 1 aromatic heterocycles. The first-order valence-electron chi connectivity index (χ1n) is 5.97. The molecule has 0 amide bonds. The molecule has 1 aliphatic carbocycles. The molecule has 1 aliphatic rings. The highest BCUT2D eigenvalue weighted by molar-refractivity contribution is 5.63. The van der Waals surface area contributed by atoms with E-state index in [0.717, 1.165) is 24.2 Å². The third-order valence-corrected chi connectivity index (χ3v) is 3.47. The second kappa shape index (κ2) is 4.10. The summed E-state index contributed by atoms with van der Waals surface area (Å²) in [4.78, 5) is 4.46. The average molecular weight is 245 g/mol. The Morgan fingerprint density at radius 2 is 2.17 bits per heavy atom. The van der Waals surface area contributed by atoms with Crippen LogP contribution in [0, 0.1) is 0 Å². The fraction of sp³-hybridized carbons (Fsp3) is 0.385. The minimum Gasteiger partial charge on any atom is -0.496 e. The van der Waals surface area contributed by atoms with E-state index in [9.17, 15) is 0 Å². The molecule has 2 N–H and O–H groups in total. The lowest BCUT2D eigenvalue weighted by molar-refractivity contribution is 0.347. The Morgan fingerprint density at radius 1 is 1.39 bits per heavy atom. The number of nitrogens with zero attached hydrogens (tertiary/aromatic N) is 2. The SMILES string of the molecule is COc1ccccc1-c1noc(C2(CN)CC2)n1. The van der Waals surface area contributed by atoms with Crippen LogP contribution in [0.15, 0.2) is 28.8 Å². The maximum absolute atomic E-state index is 5.75. The van der Waals surface area contributed by atoms with Crippen LogP contribution < -0.4 is 10.5 Å². The molecule has 0 spiro atoms. The van der Waals surface area contributed by atoms with E-state index < -0.39 is 0 Å². The Morgan fingerprint density at radius 3 is 2.83 bits per heavy atom. The summed E-state index contributed by atoms with van der Waals surface area (Å²) in [5.74, 6) is 1.94. The van der Waals surface area contributed by atoms with Crippen LogP contribution in [0.2, 0.25) is 0 Å². The largest absolute Gasteiger partial charge is 0.496 e. The molecule has 0 unspecified atom stereocenters. The van der Waals surface area contributed by atoms with E-state index in [1.165, 1.54) is 0 Å². The Bertz CT molecular complexity index is 561. The summed E-state index contributed by atoms with van der Waals surface area (Å²) < 4.78 is 10.6. The van der Waals surface area contributed by atoms with Gasteiger partial charge in [-0.3, -0.25) is 0 Å². The maximum atomic E-state index is 5.75. The molecule has 0 saturated heterocycles. The lowest BCUT2D eigenvalue weighted by Gasteiger charge is -2.04. The van der Waals surface area contributed by atoms with Crippen molar-refractivity contribution in [2.75, 3.05) is 13.7 Å². The first-order valence-corrected chi connectivity index (χ1v) is 5.97. The molecule has 94 valence electrons. The molecule has 2 aromatic rings. The van der Waals surface area contributed by atoms with Crippen molar-refractivity contribution in [2.45, 2.75) is 18.3 Å². The summed E-state index contributed by atoms with van der Waals surface area (Å²) in [5.41, 5.74) is 6.51. The third-order valence-electron chi connectivity index (χ3n) is 3.47. The van der Waals surface area contributed by atoms with Crippen LogP contribution in [0.3, 0.4) is 0 Å². The predicted molar refractivity (Wildman–Crippen MR) is 66.3 cm³/mol. The summed E-state index contributed by atoms with van der Waals surface area (Å²) >= 11 is 0. The molecular formula is C13H15N3O2. The lowest BCUT2D eigenvalue weighted by Crippen LogP contribution is -2.19.